The number of aryl methyl sites for hydroxylation is 1. The Balaban J connectivity index is 1.20. The predicted octanol–water partition coefficient (Wildman–Crippen LogP) is 3.32. The summed E-state index contributed by atoms with van der Waals surface area (Å²) in [5, 5.41) is 10.5. The first kappa shape index (κ1) is 21.5. The first-order valence-corrected chi connectivity index (χ1v) is 11.5. The number of carbonyl (C=O) groups is 1. The molecular weight excluding hydrogens is 412 g/mol. The minimum absolute atomic E-state index is 0.209. The molecule has 1 aromatic carbocycles. The number of hydrogen-bond acceptors (Lipinski definition) is 6. The lowest BCUT2D eigenvalue weighted by Crippen LogP contribution is -2.46. The van der Waals surface area contributed by atoms with Crippen molar-refractivity contribution in [1.29, 1.82) is 0 Å². The van der Waals surface area contributed by atoms with Crippen LogP contribution in [0.1, 0.15) is 6.42 Å². The van der Waals surface area contributed by atoms with Crippen LogP contribution in [0.5, 0.6) is 5.88 Å². The molecule has 1 saturated heterocycles. The maximum Gasteiger partial charge on any atom is 0.322 e. The molecule has 8 nitrogen and oxygen atoms in total. The Hall–Kier alpha value is -2.78. The molecule has 0 aliphatic carbocycles. The third kappa shape index (κ3) is 5.11. The number of benzene rings is 1. The third-order valence-corrected chi connectivity index (χ3v) is 6.41. The summed E-state index contributed by atoms with van der Waals surface area (Å²) in [6.45, 7) is 5.85. The molecule has 0 saturated carbocycles. The Morgan fingerprint density at radius 1 is 1.23 bits per heavy atom. The lowest BCUT2D eigenvalue weighted by atomic mass is 10.2. The van der Waals surface area contributed by atoms with Gasteiger partial charge in [-0.25, -0.2) is 9.48 Å². The number of anilines is 2. The molecular formula is C22H30N6O2S. The monoisotopic (exact) mass is 442 g/mol. The highest BCUT2D eigenvalue weighted by Crippen LogP contribution is 2.31. The van der Waals surface area contributed by atoms with Gasteiger partial charge in [0.25, 0.3) is 0 Å². The number of rotatable bonds is 7. The van der Waals surface area contributed by atoms with Gasteiger partial charge in [-0.15, -0.1) is 11.3 Å². The molecule has 1 N–H and O–H groups in total. The molecule has 0 atom stereocenters. The zero-order valence-electron chi connectivity index (χ0n) is 18.4. The van der Waals surface area contributed by atoms with E-state index in [4.69, 9.17) is 4.74 Å². The number of thiophene rings is 1. The minimum Gasteiger partial charge on any atom is -0.478 e. The lowest BCUT2D eigenvalue weighted by molar-refractivity contribution is 0.218. The van der Waals surface area contributed by atoms with Crippen LogP contribution in [0.4, 0.5) is 16.3 Å². The van der Waals surface area contributed by atoms with Crippen LogP contribution < -0.4 is 15.0 Å². The molecule has 4 rings (SSSR count). The van der Waals surface area contributed by atoms with Crippen LogP contribution in [0.2, 0.25) is 0 Å². The highest BCUT2D eigenvalue weighted by molar-refractivity contribution is 7.17. The van der Waals surface area contributed by atoms with Crippen LogP contribution in [-0.2, 0) is 7.05 Å². The van der Waals surface area contributed by atoms with Gasteiger partial charge >= 0.3 is 6.03 Å². The number of amides is 2. The zero-order chi connectivity index (χ0) is 21.8. The highest BCUT2D eigenvalue weighted by Gasteiger charge is 2.18. The van der Waals surface area contributed by atoms with Crippen LogP contribution in [0.15, 0.2) is 35.7 Å². The highest BCUT2D eigenvalue weighted by atomic mass is 32.1. The maximum atomic E-state index is 11.7. The second-order valence-electron chi connectivity index (χ2n) is 7.96. The number of urea groups is 1. The quantitative estimate of drug-likeness (QED) is 0.569. The van der Waals surface area contributed by atoms with Crippen molar-refractivity contribution in [3.63, 3.8) is 0 Å². The molecule has 0 unspecified atom stereocenters. The molecule has 9 heteroatoms. The molecule has 2 aromatic heterocycles. The number of hydrogen-bond donors (Lipinski definition) is 1. The van der Waals surface area contributed by atoms with Gasteiger partial charge < -0.3 is 14.5 Å². The summed E-state index contributed by atoms with van der Waals surface area (Å²) in [7, 11) is 5.20. The van der Waals surface area contributed by atoms with E-state index in [-0.39, 0.29) is 6.03 Å². The van der Waals surface area contributed by atoms with E-state index >= 15 is 0 Å². The van der Waals surface area contributed by atoms with Gasteiger partial charge in [-0.1, -0.05) is 6.07 Å². The molecule has 2 amide bonds. The maximum absolute atomic E-state index is 11.7. The van der Waals surface area contributed by atoms with Crippen LogP contribution in [0, 0.1) is 0 Å². The van der Waals surface area contributed by atoms with Gasteiger partial charge in [-0.2, -0.15) is 5.10 Å². The van der Waals surface area contributed by atoms with Crippen LogP contribution in [0.25, 0.3) is 10.1 Å². The van der Waals surface area contributed by atoms with E-state index in [0.717, 1.165) is 39.1 Å². The number of carbonyl (C=O) groups excluding carboxylic acids is 1. The van der Waals surface area contributed by atoms with Gasteiger partial charge in [-0.05, 0) is 30.0 Å². The van der Waals surface area contributed by atoms with Crippen molar-refractivity contribution in [2.75, 3.05) is 63.6 Å². The zero-order valence-corrected chi connectivity index (χ0v) is 19.2. The summed E-state index contributed by atoms with van der Waals surface area (Å²) in [6.07, 6.45) is 0.949. The van der Waals surface area contributed by atoms with E-state index in [1.807, 2.05) is 7.05 Å². The normalized spacial score (nSPS) is 14.7. The van der Waals surface area contributed by atoms with Crippen LogP contribution in [0.3, 0.4) is 0 Å². The van der Waals surface area contributed by atoms with E-state index < -0.39 is 0 Å². The summed E-state index contributed by atoms with van der Waals surface area (Å²) in [5.74, 6) is 1.15. The molecule has 0 radical (unpaired) electrons. The topological polar surface area (TPSA) is 65.9 Å². The third-order valence-electron chi connectivity index (χ3n) is 5.53. The molecule has 3 heterocycles. The Bertz CT molecular complexity index is 1020. The molecule has 1 aliphatic heterocycles. The van der Waals surface area contributed by atoms with Crippen molar-refractivity contribution >= 4 is 39.0 Å². The molecule has 31 heavy (non-hydrogen) atoms. The fourth-order valence-corrected chi connectivity index (χ4v) is 4.61. The fourth-order valence-electron chi connectivity index (χ4n) is 3.80. The standard InChI is InChI=1S/C22H30N6O2S/c1-25(2)22(29)23-20-16-21(26(3)24-20)30-14-5-9-27-10-12-28(13-11-27)18-6-4-7-19-17(18)8-15-31-19/h4,6-8,15-16H,5,9-14H2,1-3H3,(H,23,24,29). The second kappa shape index (κ2) is 9.57. The van der Waals surface area contributed by atoms with Gasteiger partial charge in [-0.3, -0.25) is 10.2 Å². The Labute approximate surface area is 187 Å². The van der Waals surface area contributed by atoms with E-state index in [1.54, 1.807) is 36.2 Å². The van der Waals surface area contributed by atoms with Gasteiger partial charge in [0, 0.05) is 75.7 Å². The molecule has 1 aliphatic rings. The van der Waals surface area contributed by atoms with Gasteiger partial charge in [0.2, 0.25) is 5.88 Å². The van der Waals surface area contributed by atoms with E-state index in [2.05, 4.69) is 49.9 Å². The van der Waals surface area contributed by atoms with Gasteiger partial charge in [0.15, 0.2) is 5.82 Å². The van der Waals surface area contributed by atoms with Crippen molar-refractivity contribution in [2.45, 2.75) is 6.42 Å². The Morgan fingerprint density at radius 2 is 2.03 bits per heavy atom. The summed E-state index contributed by atoms with van der Waals surface area (Å²) in [5.41, 5.74) is 1.36. The number of fused-ring (bicyclic) bond motifs is 1. The number of piperazine rings is 1. The Kier molecular flexibility index (Phi) is 6.62. The lowest BCUT2D eigenvalue weighted by Gasteiger charge is -2.36. The van der Waals surface area contributed by atoms with Crippen LogP contribution in [-0.4, -0.2) is 79.0 Å². The van der Waals surface area contributed by atoms with E-state index in [1.165, 1.54) is 20.7 Å². The average Bonchev–Trinajstić information content (AvgIpc) is 3.38. The van der Waals surface area contributed by atoms with Crippen molar-refractivity contribution in [3.05, 3.63) is 35.7 Å². The first-order valence-electron chi connectivity index (χ1n) is 10.6. The van der Waals surface area contributed by atoms with E-state index in [0.29, 0.717) is 18.3 Å². The number of nitrogens with one attached hydrogen (secondary N) is 1. The summed E-state index contributed by atoms with van der Waals surface area (Å²) in [4.78, 5) is 18.2. The average molecular weight is 443 g/mol. The largest absolute Gasteiger partial charge is 0.478 e. The smallest absolute Gasteiger partial charge is 0.322 e. The van der Waals surface area contributed by atoms with E-state index in [9.17, 15) is 4.79 Å². The van der Waals surface area contributed by atoms with Crippen molar-refractivity contribution < 1.29 is 9.53 Å². The SMILES string of the molecule is CN(C)C(=O)Nc1cc(OCCCN2CCN(c3cccc4sccc34)CC2)n(C)n1. The van der Waals surface area contributed by atoms with Gasteiger partial charge in [0.05, 0.1) is 6.61 Å². The number of aromatic nitrogens is 2. The number of nitrogens with zero attached hydrogens (tertiary/aromatic N) is 5. The minimum atomic E-state index is -0.209. The fraction of sp³-hybridized carbons (Fsp3) is 0.455. The van der Waals surface area contributed by atoms with Crippen molar-refractivity contribution in [3.8, 4) is 5.88 Å². The van der Waals surface area contributed by atoms with Crippen molar-refractivity contribution in [1.82, 2.24) is 19.6 Å². The summed E-state index contributed by atoms with van der Waals surface area (Å²) >= 11 is 1.80. The molecule has 0 spiro atoms. The van der Waals surface area contributed by atoms with Gasteiger partial charge in [0.1, 0.15) is 0 Å². The molecule has 166 valence electrons. The summed E-state index contributed by atoms with van der Waals surface area (Å²) < 4.78 is 8.89. The Morgan fingerprint density at radius 3 is 2.81 bits per heavy atom. The van der Waals surface area contributed by atoms with Crippen LogP contribution >= 0.6 is 11.3 Å². The second-order valence-corrected chi connectivity index (χ2v) is 8.90. The first-order chi connectivity index (χ1) is 15.0. The summed E-state index contributed by atoms with van der Waals surface area (Å²) in [6, 6.07) is 10.4. The van der Waals surface area contributed by atoms with Crippen molar-refractivity contribution in [2.24, 2.45) is 7.05 Å². The predicted molar refractivity (Wildman–Crippen MR) is 127 cm³/mol. The molecule has 3 aromatic rings. The molecule has 1 fully saturated rings. The number of ether oxygens (including phenoxy) is 1. The molecule has 0 bridgehead atoms.